The van der Waals surface area contributed by atoms with Gasteiger partial charge in [0.2, 0.25) is 11.9 Å². The van der Waals surface area contributed by atoms with Crippen molar-refractivity contribution in [3.8, 4) is 0 Å². The molecule has 0 aliphatic rings. The number of nitrogens with zero attached hydrogens (tertiary/aromatic N) is 4. The van der Waals surface area contributed by atoms with Crippen LogP contribution in [0.5, 0.6) is 0 Å². The number of aromatic nitrogens is 4. The molecule has 74 valence electrons. The van der Waals surface area contributed by atoms with E-state index in [1.54, 1.807) is 4.57 Å². The highest BCUT2D eigenvalue weighted by Crippen LogP contribution is 2.19. The van der Waals surface area contributed by atoms with Crippen molar-refractivity contribution in [2.24, 2.45) is 7.05 Å². The summed E-state index contributed by atoms with van der Waals surface area (Å²) in [7, 11) is 3.72. The first-order valence-corrected chi connectivity index (χ1v) is 4.22. The predicted octanol–water partition coefficient (Wildman–Crippen LogP) is 0.493. The maximum atomic E-state index is 5.58. The fourth-order valence-corrected chi connectivity index (χ4v) is 1.26. The summed E-state index contributed by atoms with van der Waals surface area (Å²) < 4.78 is 1.72. The number of anilines is 3. The largest absolute Gasteiger partial charge is 0.368 e. The van der Waals surface area contributed by atoms with Crippen molar-refractivity contribution < 1.29 is 0 Å². The third-order valence-corrected chi connectivity index (χ3v) is 2.13. The molecule has 0 aliphatic carbocycles. The van der Waals surface area contributed by atoms with Gasteiger partial charge in [-0.3, -0.25) is 9.47 Å². The molecule has 0 bridgehead atoms. The van der Waals surface area contributed by atoms with Gasteiger partial charge < -0.3 is 10.7 Å². The molecule has 0 amide bonds. The molecule has 2 heterocycles. The number of nitrogen functional groups attached to an aromatic ring is 1. The molecule has 0 atom stereocenters. The number of nitrogens with two attached hydrogens (primary N) is 1. The molecule has 0 aromatic carbocycles. The summed E-state index contributed by atoms with van der Waals surface area (Å²) in [5.41, 5.74) is 5.58. The zero-order valence-electron chi connectivity index (χ0n) is 8.10. The van der Waals surface area contributed by atoms with Crippen LogP contribution in [0.15, 0.2) is 18.3 Å². The monoisotopic (exact) mass is 192 g/mol. The van der Waals surface area contributed by atoms with Gasteiger partial charge in [0.15, 0.2) is 0 Å². The van der Waals surface area contributed by atoms with Crippen LogP contribution in [0.1, 0.15) is 0 Å². The Morgan fingerprint density at radius 1 is 1.50 bits per heavy atom. The van der Waals surface area contributed by atoms with Crippen LogP contribution in [-0.2, 0) is 7.05 Å². The Morgan fingerprint density at radius 2 is 2.29 bits per heavy atom. The lowest BCUT2D eigenvalue weighted by molar-refractivity contribution is 0.888. The molecule has 0 aliphatic heterocycles. The minimum absolute atomic E-state index is 0.401. The molecular weight excluding hydrogens is 180 g/mol. The molecule has 6 heteroatoms. The molecule has 14 heavy (non-hydrogen) atoms. The van der Waals surface area contributed by atoms with E-state index >= 15 is 0 Å². The summed E-state index contributed by atoms with van der Waals surface area (Å²) in [6, 6.07) is 3.87. The fourth-order valence-electron chi connectivity index (χ4n) is 1.26. The van der Waals surface area contributed by atoms with Crippen molar-refractivity contribution in [3.05, 3.63) is 18.3 Å². The van der Waals surface area contributed by atoms with Crippen LogP contribution in [-0.4, -0.2) is 26.8 Å². The zero-order chi connectivity index (χ0) is 10.1. The maximum absolute atomic E-state index is 5.58. The standard InChI is InChI=1S/C8H12N6/c1-13(6-4-3-5-10-6)8-12-11-7(9)14(8)2/h3-5,10H,1-2H3,(H2,9,11). The Hall–Kier alpha value is -1.98. The van der Waals surface area contributed by atoms with E-state index in [2.05, 4.69) is 15.2 Å². The summed E-state index contributed by atoms with van der Waals surface area (Å²) in [6.07, 6.45) is 1.85. The number of rotatable bonds is 2. The Kier molecular flexibility index (Phi) is 1.88. The maximum Gasteiger partial charge on any atom is 0.233 e. The quantitative estimate of drug-likeness (QED) is 0.726. The van der Waals surface area contributed by atoms with Crippen molar-refractivity contribution in [1.82, 2.24) is 19.7 Å². The first kappa shape index (κ1) is 8.61. The van der Waals surface area contributed by atoms with Crippen molar-refractivity contribution in [1.29, 1.82) is 0 Å². The van der Waals surface area contributed by atoms with Crippen LogP contribution in [0.25, 0.3) is 0 Å². The molecule has 0 spiro atoms. The van der Waals surface area contributed by atoms with Gasteiger partial charge in [-0.1, -0.05) is 0 Å². The van der Waals surface area contributed by atoms with E-state index < -0.39 is 0 Å². The molecule has 0 radical (unpaired) electrons. The average molecular weight is 192 g/mol. The van der Waals surface area contributed by atoms with E-state index in [4.69, 9.17) is 5.73 Å². The Balaban J connectivity index is 2.36. The lowest BCUT2D eigenvalue weighted by Gasteiger charge is -2.15. The zero-order valence-corrected chi connectivity index (χ0v) is 8.10. The summed E-state index contributed by atoms with van der Waals surface area (Å²) in [5, 5.41) is 7.75. The first-order chi connectivity index (χ1) is 6.70. The molecular formula is C8H12N6. The Morgan fingerprint density at radius 3 is 2.79 bits per heavy atom. The normalized spacial score (nSPS) is 10.4. The third-order valence-electron chi connectivity index (χ3n) is 2.13. The molecule has 3 N–H and O–H groups in total. The molecule has 0 unspecified atom stereocenters. The fraction of sp³-hybridized carbons (Fsp3) is 0.250. The molecule has 0 fully saturated rings. The average Bonchev–Trinajstić information content (AvgIpc) is 2.77. The Bertz CT molecular complexity index is 415. The van der Waals surface area contributed by atoms with Gasteiger partial charge in [-0.05, 0) is 12.1 Å². The topological polar surface area (TPSA) is 75.8 Å². The number of hydrogen-bond acceptors (Lipinski definition) is 4. The summed E-state index contributed by atoms with van der Waals surface area (Å²) in [6.45, 7) is 0. The van der Waals surface area contributed by atoms with Crippen LogP contribution in [0, 0.1) is 0 Å². The smallest absolute Gasteiger partial charge is 0.233 e. The van der Waals surface area contributed by atoms with Crippen LogP contribution in [0.2, 0.25) is 0 Å². The van der Waals surface area contributed by atoms with Gasteiger partial charge in [0.05, 0.1) is 0 Å². The molecule has 0 saturated carbocycles. The summed E-state index contributed by atoms with van der Waals surface area (Å²) >= 11 is 0. The molecule has 2 aromatic rings. The lowest BCUT2D eigenvalue weighted by Crippen LogP contribution is -2.15. The lowest BCUT2D eigenvalue weighted by atomic mass is 10.5. The van der Waals surface area contributed by atoms with E-state index in [1.165, 1.54) is 0 Å². The van der Waals surface area contributed by atoms with Crippen LogP contribution in [0.4, 0.5) is 17.7 Å². The van der Waals surface area contributed by atoms with E-state index in [0.717, 1.165) is 5.82 Å². The molecule has 2 rings (SSSR count). The van der Waals surface area contributed by atoms with Gasteiger partial charge in [-0.2, -0.15) is 0 Å². The van der Waals surface area contributed by atoms with E-state index in [1.807, 2.05) is 37.3 Å². The van der Waals surface area contributed by atoms with E-state index in [-0.39, 0.29) is 0 Å². The number of nitrogens with one attached hydrogen (secondary N) is 1. The van der Waals surface area contributed by atoms with Crippen molar-refractivity contribution in [2.75, 3.05) is 17.7 Å². The second-order valence-electron chi connectivity index (χ2n) is 3.03. The molecule has 6 nitrogen and oxygen atoms in total. The van der Waals surface area contributed by atoms with Crippen molar-refractivity contribution >= 4 is 17.7 Å². The highest BCUT2D eigenvalue weighted by atomic mass is 15.4. The minimum atomic E-state index is 0.401. The summed E-state index contributed by atoms with van der Waals surface area (Å²) in [4.78, 5) is 4.95. The van der Waals surface area contributed by atoms with Gasteiger partial charge in [-0.15, -0.1) is 10.2 Å². The second-order valence-corrected chi connectivity index (χ2v) is 3.03. The van der Waals surface area contributed by atoms with Crippen LogP contribution >= 0.6 is 0 Å². The Labute approximate surface area is 81.4 Å². The van der Waals surface area contributed by atoms with Gasteiger partial charge in [0.1, 0.15) is 5.82 Å². The second kappa shape index (κ2) is 3.06. The number of hydrogen-bond donors (Lipinski definition) is 2. The highest BCUT2D eigenvalue weighted by Gasteiger charge is 2.12. The molecule has 0 saturated heterocycles. The minimum Gasteiger partial charge on any atom is -0.368 e. The van der Waals surface area contributed by atoms with Crippen molar-refractivity contribution in [3.63, 3.8) is 0 Å². The first-order valence-electron chi connectivity index (χ1n) is 4.22. The van der Waals surface area contributed by atoms with E-state index in [9.17, 15) is 0 Å². The highest BCUT2D eigenvalue weighted by molar-refractivity contribution is 5.52. The predicted molar refractivity (Wildman–Crippen MR) is 54.3 cm³/mol. The molecule has 2 aromatic heterocycles. The van der Waals surface area contributed by atoms with Gasteiger partial charge in [0.25, 0.3) is 0 Å². The van der Waals surface area contributed by atoms with Gasteiger partial charge >= 0.3 is 0 Å². The summed E-state index contributed by atoms with van der Waals surface area (Å²) in [5.74, 6) is 2.05. The van der Waals surface area contributed by atoms with Gasteiger partial charge in [0, 0.05) is 20.3 Å². The SMILES string of the molecule is CN(c1ccc[nH]1)c1nnc(N)n1C. The number of H-pyrrole nitrogens is 1. The van der Waals surface area contributed by atoms with E-state index in [0.29, 0.717) is 11.9 Å². The van der Waals surface area contributed by atoms with Crippen LogP contribution in [0.3, 0.4) is 0 Å². The number of aromatic amines is 1. The van der Waals surface area contributed by atoms with Gasteiger partial charge in [-0.25, -0.2) is 0 Å². The van der Waals surface area contributed by atoms with Crippen LogP contribution < -0.4 is 10.6 Å². The van der Waals surface area contributed by atoms with Crippen molar-refractivity contribution in [2.45, 2.75) is 0 Å². The third kappa shape index (κ3) is 1.20.